The Bertz CT molecular complexity index is 703. The summed E-state index contributed by atoms with van der Waals surface area (Å²) in [5.74, 6) is -0.261. The molecule has 0 aromatic heterocycles. The summed E-state index contributed by atoms with van der Waals surface area (Å²) < 4.78 is 4.98. The van der Waals surface area contributed by atoms with Gasteiger partial charge in [-0.3, -0.25) is 4.79 Å². The minimum absolute atomic E-state index is 0.0282. The summed E-state index contributed by atoms with van der Waals surface area (Å²) in [4.78, 5) is 11.0. The highest BCUT2D eigenvalue weighted by Gasteiger charge is 2.01. The summed E-state index contributed by atoms with van der Waals surface area (Å²) >= 11 is 0. The van der Waals surface area contributed by atoms with Crippen molar-refractivity contribution in [1.29, 1.82) is 0 Å². The largest absolute Gasteiger partial charge is 0.461 e. The number of carbonyl (C=O) groups is 1. The molecule has 0 fully saturated rings. The molecular formula is C23H24O3. The topological polar surface area (TPSA) is 46.5 Å². The van der Waals surface area contributed by atoms with Gasteiger partial charge in [-0.15, -0.1) is 0 Å². The Hall–Kier alpha value is -2.91. The van der Waals surface area contributed by atoms with Gasteiger partial charge in [-0.2, -0.15) is 0 Å². The van der Waals surface area contributed by atoms with Crippen molar-refractivity contribution in [3.8, 4) is 11.1 Å². The molecule has 0 unspecified atom stereocenters. The number of ether oxygens (including phenoxy) is 1. The van der Waals surface area contributed by atoms with Gasteiger partial charge in [-0.05, 0) is 23.1 Å². The normalized spacial score (nSPS) is 9.73. The first-order valence-corrected chi connectivity index (χ1v) is 8.70. The maximum Gasteiger partial charge on any atom is 0.306 e. The van der Waals surface area contributed by atoms with Gasteiger partial charge in [0, 0.05) is 13.0 Å². The summed E-state index contributed by atoms with van der Waals surface area (Å²) in [5, 5.41) is 8.49. The molecule has 3 rings (SSSR count). The molecule has 3 aromatic carbocycles. The van der Waals surface area contributed by atoms with Crippen LogP contribution in [-0.4, -0.2) is 17.7 Å². The Labute approximate surface area is 154 Å². The first-order valence-electron chi connectivity index (χ1n) is 8.70. The first kappa shape index (κ1) is 19.4. The summed E-state index contributed by atoms with van der Waals surface area (Å²) in [6, 6.07) is 30.3. The molecule has 0 saturated heterocycles. The van der Waals surface area contributed by atoms with E-state index in [0.29, 0.717) is 13.0 Å². The van der Waals surface area contributed by atoms with Crippen LogP contribution in [0.2, 0.25) is 0 Å². The van der Waals surface area contributed by atoms with Crippen LogP contribution in [0.25, 0.3) is 11.1 Å². The highest BCUT2D eigenvalue weighted by atomic mass is 16.5. The van der Waals surface area contributed by atoms with E-state index in [0.717, 1.165) is 5.56 Å². The molecule has 1 N–H and O–H groups in total. The summed E-state index contributed by atoms with van der Waals surface area (Å²) in [5.41, 5.74) is 3.53. The highest BCUT2D eigenvalue weighted by molar-refractivity contribution is 5.69. The van der Waals surface area contributed by atoms with Crippen molar-refractivity contribution in [2.24, 2.45) is 0 Å². The van der Waals surface area contributed by atoms with Gasteiger partial charge >= 0.3 is 5.97 Å². The van der Waals surface area contributed by atoms with Crippen LogP contribution in [0.5, 0.6) is 0 Å². The van der Waals surface area contributed by atoms with E-state index in [4.69, 9.17) is 9.84 Å². The molecule has 0 spiro atoms. The lowest BCUT2D eigenvalue weighted by Crippen LogP contribution is -2.05. The number of rotatable bonds is 6. The highest BCUT2D eigenvalue weighted by Crippen LogP contribution is 2.17. The van der Waals surface area contributed by atoms with E-state index in [2.05, 4.69) is 48.5 Å². The molecule has 0 aliphatic heterocycles. The quantitative estimate of drug-likeness (QED) is 0.647. The van der Waals surface area contributed by atoms with E-state index in [1.807, 2.05) is 42.5 Å². The lowest BCUT2D eigenvalue weighted by Gasteiger charge is -2.03. The molecule has 0 aliphatic rings. The lowest BCUT2D eigenvalue weighted by molar-refractivity contribution is -0.145. The predicted molar refractivity (Wildman–Crippen MR) is 104 cm³/mol. The molecule has 134 valence electrons. The van der Waals surface area contributed by atoms with Crippen molar-refractivity contribution in [2.45, 2.75) is 19.4 Å². The fourth-order valence-electron chi connectivity index (χ4n) is 2.29. The first-order chi connectivity index (χ1) is 12.8. The molecule has 0 amide bonds. The van der Waals surface area contributed by atoms with Gasteiger partial charge in [0.15, 0.2) is 0 Å². The molecule has 0 aliphatic carbocycles. The van der Waals surface area contributed by atoms with Crippen LogP contribution in [0.15, 0.2) is 91.0 Å². The number of esters is 1. The van der Waals surface area contributed by atoms with Crippen molar-refractivity contribution in [3.63, 3.8) is 0 Å². The number of hydrogen-bond acceptors (Lipinski definition) is 3. The van der Waals surface area contributed by atoms with Crippen molar-refractivity contribution in [2.75, 3.05) is 6.61 Å². The second-order valence-electron chi connectivity index (χ2n) is 5.71. The maximum absolute atomic E-state index is 11.0. The monoisotopic (exact) mass is 348 g/mol. The third kappa shape index (κ3) is 7.32. The van der Waals surface area contributed by atoms with Crippen LogP contribution in [0.3, 0.4) is 0 Å². The zero-order valence-electron chi connectivity index (χ0n) is 14.8. The van der Waals surface area contributed by atoms with Gasteiger partial charge < -0.3 is 9.84 Å². The standard InChI is InChI=1S/C12H10.C11H14O3/c1-3-7-11(8-4-1)12-9-5-2-6-10-12;12-8-4-7-11(13)14-9-10-5-2-1-3-6-10/h1-10H;1-3,5-6,12H,4,7-9H2. The van der Waals surface area contributed by atoms with E-state index in [1.54, 1.807) is 0 Å². The van der Waals surface area contributed by atoms with Crippen LogP contribution < -0.4 is 0 Å². The van der Waals surface area contributed by atoms with Crippen molar-refractivity contribution in [3.05, 3.63) is 96.6 Å². The Morgan fingerprint density at radius 3 is 1.65 bits per heavy atom. The van der Waals surface area contributed by atoms with E-state index < -0.39 is 0 Å². The van der Waals surface area contributed by atoms with Crippen LogP contribution in [0.4, 0.5) is 0 Å². The maximum atomic E-state index is 11.0. The molecule has 0 radical (unpaired) electrons. The molecule has 0 heterocycles. The molecule has 0 saturated carbocycles. The number of carbonyl (C=O) groups excluding carboxylic acids is 1. The van der Waals surface area contributed by atoms with E-state index in [1.165, 1.54) is 11.1 Å². The second kappa shape index (κ2) is 11.6. The molecule has 3 nitrogen and oxygen atoms in total. The fraction of sp³-hybridized carbons (Fsp3) is 0.174. The smallest absolute Gasteiger partial charge is 0.306 e. The zero-order chi connectivity index (χ0) is 18.5. The third-order valence-electron chi connectivity index (χ3n) is 3.66. The SMILES string of the molecule is O=C(CCCO)OCc1ccccc1.c1ccc(-c2ccccc2)cc1. The molecular weight excluding hydrogens is 324 g/mol. The Balaban J connectivity index is 0.000000189. The summed E-state index contributed by atoms with van der Waals surface area (Å²) in [7, 11) is 0. The second-order valence-corrected chi connectivity index (χ2v) is 5.71. The summed E-state index contributed by atoms with van der Waals surface area (Å²) in [6.07, 6.45) is 0.747. The minimum atomic E-state index is -0.261. The molecule has 3 heteroatoms. The van der Waals surface area contributed by atoms with Crippen molar-refractivity contribution in [1.82, 2.24) is 0 Å². The van der Waals surface area contributed by atoms with Crippen molar-refractivity contribution < 1.29 is 14.6 Å². The van der Waals surface area contributed by atoms with Gasteiger partial charge in [-0.1, -0.05) is 91.0 Å². The number of aliphatic hydroxyl groups is 1. The number of hydrogen-bond donors (Lipinski definition) is 1. The van der Waals surface area contributed by atoms with E-state index in [9.17, 15) is 4.79 Å². The van der Waals surface area contributed by atoms with Crippen LogP contribution in [0.1, 0.15) is 18.4 Å². The third-order valence-corrected chi connectivity index (χ3v) is 3.66. The van der Waals surface area contributed by atoms with Gasteiger partial charge in [0.05, 0.1) is 0 Å². The Morgan fingerprint density at radius 1 is 0.731 bits per heavy atom. The predicted octanol–water partition coefficient (Wildman–Crippen LogP) is 4.86. The lowest BCUT2D eigenvalue weighted by atomic mass is 10.1. The number of aliphatic hydroxyl groups excluding tert-OH is 1. The van der Waals surface area contributed by atoms with Crippen LogP contribution >= 0.6 is 0 Å². The molecule has 0 atom stereocenters. The van der Waals surface area contributed by atoms with Gasteiger partial charge in [0.2, 0.25) is 0 Å². The molecule has 3 aromatic rings. The van der Waals surface area contributed by atoms with Crippen LogP contribution in [-0.2, 0) is 16.1 Å². The average Bonchev–Trinajstić information content (AvgIpc) is 2.73. The Kier molecular flexibility index (Phi) is 8.67. The Morgan fingerprint density at radius 2 is 1.19 bits per heavy atom. The summed E-state index contributed by atoms with van der Waals surface area (Å²) in [6.45, 7) is 0.339. The molecule has 0 bridgehead atoms. The fourth-order valence-corrected chi connectivity index (χ4v) is 2.29. The van der Waals surface area contributed by atoms with Gasteiger partial charge in [0.25, 0.3) is 0 Å². The number of benzene rings is 3. The average molecular weight is 348 g/mol. The zero-order valence-corrected chi connectivity index (χ0v) is 14.8. The minimum Gasteiger partial charge on any atom is -0.461 e. The van der Waals surface area contributed by atoms with E-state index >= 15 is 0 Å². The van der Waals surface area contributed by atoms with Crippen molar-refractivity contribution >= 4 is 5.97 Å². The van der Waals surface area contributed by atoms with E-state index in [-0.39, 0.29) is 19.0 Å². The van der Waals surface area contributed by atoms with Crippen LogP contribution in [0, 0.1) is 0 Å². The molecule has 26 heavy (non-hydrogen) atoms. The van der Waals surface area contributed by atoms with Gasteiger partial charge in [-0.25, -0.2) is 0 Å². The van der Waals surface area contributed by atoms with Gasteiger partial charge in [0.1, 0.15) is 6.61 Å².